The summed E-state index contributed by atoms with van der Waals surface area (Å²) in [6.07, 6.45) is 4.65. The number of amides is 1. The number of nitrogens with zero attached hydrogens (tertiary/aromatic N) is 1. The largest absolute Gasteiger partial charge is 0.349 e. The van der Waals surface area contributed by atoms with Gasteiger partial charge in [-0.3, -0.25) is 4.79 Å². The summed E-state index contributed by atoms with van der Waals surface area (Å²) >= 11 is 5.92. The summed E-state index contributed by atoms with van der Waals surface area (Å²) in [5, 5.41) is -0.475. The number of hydrogen-bond donors (Lipinski definition) is 0. The second-order valence-corrected chi connectivity index (χ2v) is 4.63. The number of hydrogen-bond acceptors (Lipinski definition) is 1. The number of allylic oxidation sites excluding steroid dienone is 1. The molecule has 1 atom stereocenters. The second-order valence-electron chi connectivity index (χ2n) is 4.10. The first kappa shape index (κ1) is 15.9. The third-order valence-electron chi connectivity index (χ3n) is 3.04. The van der Waals surface area contributed by atoms with Crippen LogP contribution in [-0.4, -0.2) is 23.2 Å². The smallest absolute Gasteiger partial charge is 0.240 e. The molecule has 0 spiro atoms. The van der Waals surface area contributed by atoms with Crippen LogP contribution in [0.4, 0.5) is 0 Å². The van der Waals surface area contributed by atoms with E-state index in [-0.39, 0.29) is 38.6 Å². The molecule has 93 valence electrons. The summed E-state index contributed by atoms with van der Waals surface area (Å²) in [4.78, 5) is 13.4. The summed E-state index contributed by atoms with van der Waals surface area (Å²) in [6, 6.07) is 8.10. The average molecular weight is 338 g/mol. The van der Waals surface area contributed by atoms with Crippen molar-refractivity contribution >= 4 is 23.2 Å². The topological polar surface area (TPSA) is 20.3 Å². The number of aryl methyl sites for hydroxylation is 1. The Morgan fingerprint density at radius 2 is 2.11 bits per heavy atom. The van der Waals surface area contributed by atoms with E-state index >= 15 is 0 Å². The van der Waals surface area contributed by atoms with E-state index in [1.165, 1.54) is 5.56 Å². The van der Waals surface area contributed by atoms with Crippen LogP contribution in [-0.2, 0) is 43.9 Å². The predicted molar refractivity (Wildman–Crippen MR) is 69.5 cm³/mol. The molecular weight excluding hydrogens is 323 g/mol. The van der Waals surface area contributed by atoms with Gasteiger partial charge in [-0.25, -0.2) is 6.08 Å². The number of rotatable bonds is 2. The van der Waals surface area contributed by atoms with E-state index in [9.17, 15) is 4.79 Å². The molecule has 0 bridgehead atoms. The van der Waals surface area contributed by atoms with Gasteiger partial charge >= 0.3 is 0 Å². The fourth-order valence-corrected chi connectivity index (χ4v) is 2.27. The first-order valence-corrected chi connectivity index (χ1v) is 6.19. The number of halogens is 1. The Bertz CT molecular complexity index is 473. The quantitative estimate of drug-likeness (QED) is 0.600. The Morgan fingerprint density at radius 3 is 2.78 bits per heavy atom. The van der Waals surface area contributed by atoms with Gasteiger partial charge in [0.2, 0.25) is 5.91 Å². The monoisotopic (exact) mass is 337 g/mol. The first-order valence-electron chi connectivity index (χ1n) is 5.76. The van der Waals surface area contributed by atoms with Gasteiger partial charge in [0.25, 0.3) is 0 Å². The third-order valence-corrected chi connectivity index (χ3v) is 3.38. The summed E-state index contributed by atoms with van der Waals surface area (Å²) in [5.74, 6) is -0.0497. The maximum atomic E-state index is 11.8. The molecule has 1 aromatic carbocycles. The van der Waals surface area contributed by atoms with Gasteiger partial charge < -0.3 is 4.90 Å². The van der Waals surface area contributed by atoms with E-state index in [0.29, 0.717) is 6.42 Å². The van der Waals surface area contributed by atoms with Crippen LogP contribution in [0, 0.1) is 6.08 Å². The maximum Gasteiger partial charge on any atom is 0.240 e. The number of alkyl halides is 1. The molecule has 1 radical (unpaired) electrons. The number of benzene rings is 1. The van der Waals surface area contributed by atoms with E-state index in [1.807, 2.05) is 18.2 Å². The van der Waals surface area contributed by atoms with Crippen molar-refractivity contribution in [3.8, 4) is 0 Å². The van der Waals surface area contributed by atoms with Crippen molar-refractivity contribution in [1.82, 2.24) is 4.90 Å². The van der Waals surface area contributed by atoms with Crippen LogP contribution in [0.25, 0.3) is 5.70 Å². The predicted octanol–water partition coefficient (Wildman–Crippen LogP) is 2.86. The molecule has 2 rings (SSSR count). The van der Waals surface area contributed by atoms with Crippen LogP contribution in [0.1, 0.15) is 24.5 Å². The van der Waals surface area contributed by atoms with Gasteiger partial charge in [-0.2, -0.15) is 0 Å². The number of carbonyl (C=O) groups is 1. The Labute approximate surface area is 138 Å². The van der Waals surface area contributed by atoms with Gasteiger partial charge in [0.1, 0.15) is 5.38 Å². The average Bonchev–Trinajstić information content (AvgIpc) is 2.36. The Kier molecular flexibility index (Phi) is 6.03. The van der Waals surface area contributed by atoms with Gasteiger partial charge in [-0.1, -0.05) is 31.5 Å². The molecule has 1 amide bonds. The molecule has 1 aliphatic heterocycles. The van der Waals surface area contributed by atoms with E-state index in [2.05, 4.69) is 19.1 Å². The zero-order chi connectivity index (χ0) is 12.4. The molecule has 1 unspecified atom stereocenters. The molecule has 1 heterocycles. The van der Waals surface area contributed by atoms with Crippen molar-refractivity contribution in [3.63, 3.8) is 0 Å². The van der Waals surface area contributed by atoms with Crippen molar-refractivity contribution in [1.29, 1.82) is 0 Å². The van der Waals surface area contributed by atoms with Crippen molar-refractivity contribution < 1.29 is 37.5 Å². The maximum absolute atomic E-state index is 11.8. The fourth-order valence-electron chi connectivity index (χ4n) is 2.05. The minimum absolute atomic E-state index is 0. The van der Waals surface area contributed by atoms with Crippen molar-refractivity contribution in [3.05, 3.63) is 41.5 Å². The van der Waals surface area contributed by atoms with Crippen LogP contribution < -0.4 is 0 Å². The van der Waals surface area contributed by atoms with Gasteiger partial charge in [0, 0.05) is 39.8 Å². The summed E-state index contributed by atoms with van der Waals surface area (Å²) < 4.78 is 0. The fraction of sp³-hybridized carbons (Fsp3) is 0.357. The molecule has 4 heteroatoms. The molecule has 1 aliphatic rings. The van der Waals surface area contributed by atoms with Crippen LogP contribution in [0.5, 0.6) is 0 Å². The number of carbonyl (C=O) groups excluding carboxylic acids is 1. The SMILES string of the molecule is CCc1ccccc1C1=[C-]CC(Cl)C(=O)N1C.[Y]. The third kappa shape index (κ3) is 3.04. The second kappa shape index (κ2) is 6.84. The Hall–Kier alpha value is -0.176. The molecule has 2 nitrogen and oxygen atoms in total. The van der Waals surface area contributed by atoms with E-state index < -0.39 is 5.38 Å². The van der Waals surface area contributed by atoms with Crippen molar-refractivity contribution in [2.24, 2.45) is 0 Å². The molecule has 1 aromatic rings. The van der Waals surface area contributed by atoms with Crippen LogP contribution in [0.15, 0.2) is 24.3 Å². The van der Waals surface area contributed by atoms with Crippen LogP contribution in [0.3, 0.4) is 0 Å². The molecule has 0 aliphatic carbocycles. The zero-order valence-corrected chi connectivity index (χ0v) is 14.2. The summed E-state index contributed by atoms with van der Waals surface area (Å²) in [7, 11) is 1.76. The van der Waals surface area contributed by atoms with E-state index in [0.717, 1.165) is 17.7 Å². The van der Waals surface area contributed by atoms with Gasteiger partial charge in [-0.15, -0.1) is 34.5 Å². The van der Waals surface area contributed by atoms with E-state index in [1.54, 1.807) is 11.9 Å². The molecule has 0 aromatic heterocycles. The minimum Gasteiger partial charge on any atom is -0.349 e. The summed E-state index contributed by atoms with van der Waals surface area (Å²) in [5.41, 5.74) is 3.15. The van der Waals surface area contributed by atoms with Gasteiger partial charge in [0.15, 0.2) is 0 Å². The summed E-state index contributed by atoms with van der Waals surface area (Å²) in [6.45, 7) is 2.11. The molecule has 0 N–H and O–H groups in total. The Balaban J connectivity index is 0.00000162. The molecule has 0 saturated carbocycles. The normalized spacial score (nSPS) is 19.3. The van der Waals surface area contributed by atoms with Crippen molar-refractivity contribution in [2.45, 2.75) is 25.1 Å². The zero-order valence-electron chi connectivity index (χ0n) is 10.6. The molecule has 18 heavy (non-hydrogen) atoms. The van der Waals surface area contributed by atoms with Crippen LogP contribution in [0.2, 0.25) is 0 Å². The molecule has 0 saturated heterocycles. The van der Waals surface area contributed by atoms with Crippen molar-refractivity contribution in [2.75, 3.05) is 7.05 Å². The molecule has 0 fully saturated rings. The van der Waals surface area contributed by atoms with Crippen LogP contribution >= 0.6 is 11.6 Å². The van der Waals surface area contributed by atoms with Gasteiger partial charge in [-0.05, 0) is 6.42 Å². The standard InChI is InChI=1S/C14H15ClNO.Y/c1-3-10-6-4-5-7-11(10)13-9-8-12(15)14(17)16(13)2;/h4-7,12H,3,8H2,1-2H3;/q-1;. The van der Waals surface area contributed by atoms with Gasteiger partial charge in [0.05, 0.1) is 0 Å². The molecular formula is C14H15ClNOY-. The Morgan fingerprint density at radius 1 is 1.44 bits per heavy atom. The first-order chi connectivity index (χ1) is 8.15. The minimum atomic E-state index is -0.475. The van der Waals surface area contributed by atoms with E-state index in [4.69, 9.17) is 11.6 Å².